The van der Waals surface area contributed by atoms with E-state index < -0.39 is 0 Å². The molecule has 0 radical (unpaired) electrons. The average molecular weight is 472 g/mol. The van der Waals surface area contributed by atoms with Crippen molar-refractivity contribution < 1.29 is 4.79 Å². The van der Waals surface area contributed by atoms with Crippen molar-refractivity contribution in [1.29, 1.82) is 0 Å². The third kappa shape index (κ3) is 7.51. The molecule has 2 rings (SSSR count). The zero-order valence-corrected chi connectivity index (χ0v) is 18.6. The Morgan fingerprint density at radius 2 is 1.81 bits per heavy atom. The fraction of sp³-hybridized carbons (Fsp3) is 0.600. The highest BCUT2D eigenvalue weighted by Crippen LogP contribution is 2.28. The number of carbonyl (C=O) groups excluding carboxylic acids is 1. The van der Waals surface area contributed by atoms with Crippen molar-refractivity contribution in [1.82, 2.24) is 15.5 Å². The summed E-state index contributed by atoms with van der Waals surface area (Å²) in [5.74, 6) is 1.80. The molecule has 5 nitrogen and oxygen atoms in total. The predicted octanol–water partition coefficient (Wildman–Crippen LogP) is 3.64. The van der Waals surface area contributed by atoms with Gasteiger partial charge < -0.3 is 15.5 Å². The van der Waals surface area contributed by atoms with Gasteiger partial charge in [-0.1, -0.05) is 37.8 Å². The van der Waals surface area contributed by atoms with Crippen LogP contribution in [0.4, 0.5) is 0 Å². The molecule has 2 N–H and O–H groups in total. The van der Waals surface area contributed by atoms with Crippen LogP contribution in [0.5, 0.6) is 0 Å². The maximum atomic E-state index is 11.9. The molecule has 0 bridgehead atoms. The molecule has 0 heterocycles. The predicted molar refractivity (Wildman–Crippen MR) is 119 cm³/mol. The van der Waals surface area contributed by atoms with Crippen molar-refractivity contribution in [2.24, 2.45) is 10.9 Å². The average Bonchev–Trinajstić information content (AvgIpc) is 3.14. The quantitative estimate of drug-likeness (QED) is 0.276. The first-order valence-corrected chi connectivity index (χ1v) is 9.35. The Balaban J connectivity index is 0.00000338. The van der Waals surface area contributed by atoms with Crippen LogP contribution in [0.25, 0.3) is 0 Å². The molecule has 0 spiro atoms. The van der Waals surface area contributed by atoms with Gasteiger partial charge in [-0.05, 0) is 36.5 Å². The molecule has 1 aliphatic carbocycles. The Morgan fingerprint density at radius 3 is 2.38 bits per heavy atom. The van der Waals surface area contributed by atoms with E-state index in [0.29, 0.717) is 12.1 Å². The minimum atomic E-state index is 0. The molecular formula is C20H33IN4O. The van der Waals surface area contributed by atoms with Crippen molar-refractivity contribution in [3.05, 3.63) is 35.4 Å². The van der Waals surface area contributed by atoms with Crippen LogP contribution in [-0.2, 0) is 6.54 Å². The van der Waals surface area contributed by atoms with Gasteiger partial charge in [-0.3, -0.25) is 9.79 Å². The Labute approximate surface area is 175 Å². The summed E-state index contributed by atoms with van der Waals surface area (Å²) in [6.07, 6.45) is 8.19. The first-order valence-electron chi connectivity index (χ1n) is 9.35. The molecule has 1 aliphatic rings. The summed E-state index contributed by atoms with van der Waals surface area (Å²) >= 11 is 0. The molecule has 0 saturated heterocycles. The Kier molecular flexibility index (Phi) is 10.6. The maximum absolute atomic E-state index is 11.9. The molecule has 0 aromatic heterocycles. The molecular weight excluding hydrogens is 439 g/mol. The fourth-order valence-electron chi connectivity index (χ4n) is 3.33. The summed E-state index contributed by atoms with van der Waals surface area (Å²) < 4.78 is 0. The number of hydrogen-bond donors (Lipinski definition) is 2. The normalized spacial score (nSPS) is 14.7. The summed E-state index contributed by atoms with van der Waals surface area (Å²) in [7, 11) is 5.32. The molecule has 1 aromatic carbocycles. The Morgan fingerprint density at radius 1 is 1.15 bits per heavy atom. The summed E-state index contributed by atoms with van der Waals surface area (Å²) in [5, 5.41) is 6.72. The first-order chi connectivity index (χ1) is 12.1. The van der Waals surface area contributed by atoms with Crippen LogP contribution in [0.3, 0.4) is 0 Å². The van der Waals surface area contributed by atoms with Crippen LogP contribution in [0.1, 0.15) is 54.4 Å². The van der Waals surface area contributed by atoms with Gasteiger partial charge in [0.2, 0.25) is 0 Å². The minimum absolute atomic E-state index is 0. The van der Waals surface area contributed by atoms with E-state index in [4.69, 9.17) is 0 Å². The van der Waals surface area contributed by atoms with Gasteiger partial charge in [0.1, 0.15) is 0 Å². The molecule has 1 aromatic rings. The molecule has 0 atom stereocenters. The first kappa shape index (κ1) is 22.7. The third-order valence-electron chi connectivity index (χ3n) is 4.85. The minimum Gasteiger partial charge on any atom is -0.356 e. The van der Waals surface area contributed by atoms with Gasteiger partial charge in [-0.2, -0.15) is 0 Å². The number of rotatable bonds is 7. The molecule has 0 aliphatic heterocycles. The molecule has 1 amide bonds. The molecule has 146 valence electrons. The lowest BCUT2D eigenvalue weighted by molar-refractivity contribution is 0.0827. The largest absolute Gasteiger partial charge is 0.356 e. The third-order valence-corrected chi connectivity index (χ3v) is 4.85. The number of carbonyl (C=O) groups is 1. The van der Waals surface area contributed by atoms with Crippen LogP contribution in [-0.4, -0.2) is 44.5 Å². The van der Waals surface area contributed by atoms with E-state index in [1.54, 1.807) is 26.0 Å². The molecule has 1 fully saturated rings. The molecule has 6 heteroatoms. The van der Waals surface area contributed by atoms with E-state index in [1.165, 1.54) is 38.5 Å². The van der Waals surface area contributed by atoms with E-state index in [9.17, 15) is 4.79 Å². The summed E-state index contributed by atoms with van der Waals surface area (Å²) in [6.45, 7) is 1.66. The van der Waals surface area contributed by atoms with Crippen molar-refractivity contribution in [2.45, 2.75) is 45.1 Å². The smallest absolute Gasteiger partial charge is 0.253 e. The van der Waals surface area contributed by atoms with Crippen LogP contribution in [0.2, 0.25) is 0 Å². The van der Waals surface area contributed by atoms with Crippen molar-refractivity contribution >= 4 is 35.8 Å². The fourth-order valence-corrected chi connectivity index (χ4v) is 3.33. The highest BCUT2D eigenvalue weighted by Gasteiger charge is 2.14. The molecule has 26 heavy (non-hydrogen) atoms. The van der Waals surface area contributed by atoms with E-state index in [-0.39, 0.29) is 29.9 Å². The van der Waals surface area contributed by atoms with Crippen molar-refractivity contribution in [3.8, 4) is 0 Å². The molecule has 1 saturated carbocycles. The Bertz CT molecular complexity index is 566. The van der Waals surface area contributed by atoms with Crippen LogP contribution >= 0.6 is 24.0 Å². The van der Waals surface area contributed by atoms with Gasteiger partial charge in [0, 0.05) is 39.8 Å². The zero-order valence-electron chi connectivity index (χ0n) is 16.3. The van der Waals surface area contributed by atoms with Gasteiger partial charge in [0.15, 0.2) is 5.96 Å². The highest BCUT2D eigenvalue weighted by atomic mass is 127. The number of benzene rings is 1. The van der Waals surface area contributed by atoms with Gasteiger partial charge >= 0.3 is 0 Å². The monoisotopic (exact) mass is 472 g/mol. The lowest BCUT2D eigenvalue weighted by atomic mass is 10.0. The van der Waals surface area contributed by atoms with E-state index in [2.05, 4.69) is 15.6 Å². The van der Waals surface area contributed by atoms with Gasteiger partial charge in [-0.25, -0.2) is 0 Å². The Hall–Kier alpha value is -1.31. The number of amides is 1. The number of halogens is 1. The lowest BCUT2D eigenvalue weighted by Crippen LogP contribution is -2.37. The van der Waals surface area contributed by atoms with Crippen molar-refractivity contribution in [3.63, 3.8) is 0 Å². The number of nitrogens with zero attached hydrogens (tertiary/aromatic N) is 2. The van der Waals surface area contributed by atoms with Gasteiger partial charge in [0.25, 0.3) is 5.91 Å². The number of guanidine groups is 1. The summed E-state index contributed by atoms with van der Waals surface area (Å²) in [4.78, 5) is 17.8. The topological polar surface area (TPSA) is 56.7 Å². The zero-order chi connectivity index (χ0) is 18.1. The number of aliphatic imine (C=N–C) groups is 1. The van der Waals surface area contributed by atoms with E-state index in [0.717, 1.165) is 24.0 Å². The second-order valence-corrected chi connectivity index (χ2v) is 7.04. The standard InChI is InChI=1S/C20H32N4O.HI/c1-21-20(22-14-6-9-16-7-4-5-8-16)23-15-17-10-12-18(13-11-17)19(25)24(2)3;/h10-13,16H,4-9,14-15H2,1-3H3,(H2,21,22,23);1H. The van der Waals surface area contributed by atoms with Crippen LogP contribution in [0, 0.1) is 5.92 Å². The van der Waals surface area contributed by atoms with E-state index >= 15 is 0 Å². The second kappa shape index (κ2) is 12.1. The highest BCUT2D eigenvalue weighted by molar-refractivity contribution is 14.0. The van der Waals surface area contributed by atoms with Crippen LogP contribution < -0.4 is 10.6 Å². The number of hydrogen-bond acceptors (Lipinski definition) is 2. The van der Waals surface area contributed by atoms with Crippen LogP contribution in [0.15, 0.2) is 29.3 Å². The maximum Gasteiger partial charge on any atom is 0.253 e. The SMILES string of the molecule is CN=C(NCCCC1CCCC1)NCc1ccc(C(=O)N(C)C)cc1.I. The van der Waals surface area contributed by atoms with E-state index in [1.807, 2.05) is 24.3 Å². The summed E-state index contributed by atoms with van der Waals surface area (Å²) in [5.41, 5.74) is 1.84. The lowest BCUT2D eigenvalue weighted by Gasteiger charge is -2.14. The van der Waals surface area contributed by atoms with Gasteiger partial charge in [0.05, 0.1) is 0 Å². The summed E-state index contributed by atoms with van der Waals surface area (Å²) in [6, 6.07) is 7.71. The number of nitrogens with one attached hydrogen (secondary N) is 2. The molecule has 0 unspecified atom stereocenters. The van der Waals surface area contributed by atoms with Gasteiger partial charge in [-0.15, -0.1) is 24.0 Å². The second-order valence-electron chi connectivity index (χ2n) is 7.04. The van der Waals surface area contributed by atoms with Crippen molar-refractivity contribution in [2.75, 3.05) is 27.7 Å².